The molecule has 1 rings (SSSR count). The van der Waals surface area contributed by atoms with Crippen LogP contribution in [0.25, 0.3) is 0 Å². The van der Waals surface area contributed by atoms with E-state index in [0.717, 1.165) is 13.0 Å². The van der Waals surface area contributed by atoms with Gasteiger partial charge >= 0.3 is 0 Å². The van der Waals surface area contributed by atoms with Crippen LogP contribution in [-0.4, -0.2) is 61.2 Å². The first kappa shape index (κ1) is 10.5. The highest BCUT2D eigenvalue weighted by Crippen LogP contribution is 2.22. The van der Waals surface area contributed by atoms with E-state index in [2.05, 4.69) is 0 Å². The smallest absolute Gasteiger partial charge is 0.226 e. The van der Waals surface area contributed by atoms with Gasteiger partial charge in [-0.1, -0.05) is 0 Å². The molecule has 1 heterocycles. The maximum atomic E-state index is 11.6. The highest BCUT2D eigenvalue weighted by Gasteiger charge is 2.33. The number of nitrogens with zero attached hydrogens (tertiary/aromatic N) is 2. The van der Waals surface area contributed by atoms with Crippen LogP contribution in [0.15, 0.2) is 0 Å². The Bertz CT molecular complexity index is 194. The van der Waals surface area contributed by atoms with Crippen molar-refractivity contribution < 1.29 is 9.90 Å². The summed E-state index contributed by atoms with van der Waals surface area (Å²) in [7, 11) is 5.49. The van der Waals surface area contributed by atoms with Gasteiger partial charge in [0, 0.05) is 26.7 Å². The Morgan fingerprint density at radius 3 is 2.62 bits per heavy atom. The topological polar surface area (TPSA) is 43.8 Å². The van der Waals surface area contributed by atoms with Crippen LogP contribution in [0.4, 0.5) is 0 Å². The van der Waals surface area contributed by atoms with E-state index in [4.69, 9.17) is 5.11 Å². The van der Waals surface area contributed by atoms with Crippen molar-refractivity contribution in [3.8, 4) is 0 Å². The number of carbonyl (C=O) groups is 1. The number of rotatable bonds is 2. The van der Waals surface area contributed by atoms with Gasteiger partial charge in [0.25, 0.3) is 0 Å². The molecule has 1 fully saturated rings. The van der Waals surface area contributed by atoms with Crippen LogP contribution in [0.2, 0.25) is 0 Å². The van der Waals surface area contributed by atoms with Gasteiger partial charge in [0.2, 0.25) is 5.91 Å². The number of carbonyl (C=O) groups excluding carboxylic acids is 1. The van der Waals surface area contributed by atoms with Gasteiger partial charge in [0.1, 0.15) is 0 Å². The van der Waals surface area contributed by atoms with Gasteiger partial charge in [-0.15, -0.1) is 0 Å². The molecule has 4 nitrogen and oxygen atoms in total. The Balaban J connectivity index is 2.53. The van der Waals surface area contributed by atoms with E-state index in [9.17, 15) is 4.79 Å². The van der Waals surface area contributed by atoms with Crippen molar-refractivity contribution in [1.82, 2.24) is 9.80 Å². The zero-order valence-corrected chi connectivity index (χ0v) is 8.53. The van der Waals surface area contributed by atoms with Crippen molar-refractivity contribution in [2.75, 3.05) is 34.3 Å². The van der Waals surface area contributed by atoms with E-state index in [0.29, 0.717) is 0 Å². The average Bonchev–Trinajstić information content (AvgIpc) is 2.45. The standard InChI is InChI=1S/C9H18N2O2/c1-10(2)9(13)7-4-8(6-12)11(3)5-7/h7-8,12H,4-6H2,1-3H3. The first-order valence-electron chi connectivity index (χ1n) is 4.58. The van der Waals surface area contributed by atoms with Crippen LogP contribution in [0.5, 0.6) is 0 Å². The highest BCUT2D eigenvalue weighted by molar-refractivity contribution is 5.78. The van der Waals surface area contributed by atoms with Crippen LogP contribution in [0.1, 0.15) is 6.42 Å². The molecule has 0 saturated carbocycles. The van der Waals surface area contributed by atoms with Crippen molar-refractivity contribution in [2.45, 2.75) is 12.5 Å². The lowest BCUT2D eigenvalue weighted by molar-refractivity contribution is -0.132. The Morgan fingerprint density at radius 2 is 2.23 bits per heavy atom. The summed E-state index contributed by atoms with van der Waals surface area (Å²) in [6, 6.07) is 0.161. The van der Waals surface area contributed by atoms with Crippen LogP contribution < -0.4 is 0 Å². The lowest BCUT2D eigenvalue weighted by atomic mass is 10.1. The van der Waals surface area contributed by atoms with Gasteiger partial charge in [-0.25, -0.2) is 0 Å². The van der Waals surface area contributed by atoms with Crippen molar-refractivity contribution in [1.29, 1.82) is 0 Å². The molecule has 4 heteroatoms. The predicted octanol–water partition coefficient (Wildman–Crippen LogP) is -0.613. The summed E-state index contributed by atoms with van der Waals surface area (Å²) in [5.41, 5.74) is 0. The van der Waals surface area contributed by atoms with Gasteiger partial charge in [0.15, 0.2) is 0 Å². The van der Waals surface area contributed by atoms with Crippen molar-refractivity contribution in [2.24, 2.45) is 5.92 Å². The summed E-state index contributed by atoms with van der Waals surface area (Å²) in [6.45, 7) is 0.913. The molecule has 2 atom stereocenters. The molecule has 0 aromatic carbocycles. The number of amides is 1. The van der Waals surface area contributed by atoms with Crippen LogP contribution >= 0.6 is 0 Å². The van der Waals surface area contributed by atoms with Crippen LogP contribution in [0.3, 0.4) is 0 Å². The Labute approximate surface area is 79.1 Å². The van der Waals surface area contributed by atoms with Crippen LogP contribution in [0, 0.1) is 5.92 Å². The lowest BCUT2D eigenvalue weighted by Gasteiger charge is -2.15. The molecule has 1 saturated heterocycles. The number of likely N-dealkylation sites (tertiary alicyclic amines) is 1. The minimum Gasteiger partial charge on any atom is -0.395 e. The first-order chi connectivity index (χ1) is 6.06. The molecule has 1 amide bonds. The molecule has 0 bridgehead atoms. The predicted molar refractivity (Wildman–Crippen MR) is 50.3 cm³/mol. The van der Waals surface area contributed by atoms with E-state index in [1.165, 1.54) is 0 Å². The summed E-state index contributed by atoms with van der Waals surface area (Å²) in [5, 5.41) is 9.01. The molecule has 0 aliphatic carbocycles. The third kappa shape index (κ3) is 2.19. The van der Waals surface area contributed by atoms with Crippen molar-refractivity contribution in [3.63, 3.8) is 0 Å². The van der Waals surface area contributed by atoms with Gasteiger partial charge in [-0.05, 0) is 13.5 Å². The van der Waals surface area contributed by atoms with E-state index >= 15 is 0 Å². The summed E-state index contributed by atoms with van der Waals surface area (Å²) in [4.78, 5) is 15.2. The SMILES string of the molecule is CN(C)C(=O)C1CC(CO)N(C)C1. The van der Waals surface area contributed by atoms with E-state index < -0.39 is 0 Å². The van der Waals surface area contributed by atoms with Crippen molar-refractivity contribution >= 4 is 5.91 Å². The number of hydrogen-bond acceptors (Lipinski definition) is 3. The molecule has 1 aliphatic heterocycles. The molecule has 1 N–H and O–H groups in total. The second-order valence-corrected chi connectivity index (χ2v) is 3.94. The molecule has 0 aromatic heterocycles. The minimum absolute atomic E-state index is 0.0668. The molecule has 13 heavy (non-hydrogen) atoms. The molecule has 76 valence electrons. The van der Waals surface area contributed by atoms with Crippen molar-refractivity contribution in [3.05, 3.63) is 0 Å². The monoisotopic (exact) mass is 186 g/mol. The fourth-order valence-electron chi connectivity index (χ4n) is 1.84. The normalized spacial score (nSPS) is 29.2. The Hall–Kier alpha value is -0.610. The van der Waals surface area contributed by atoms with E-state index in [1.54, 1.807) is 19.0 Å². The third-order valence-electron chi connectivity index (χ3n) is 2.69. The molecular formula is C9H18N2O2. The quantitative estimate of drug-likeness (QED) is 0.625. The fraction of sp³-hybridized carbons (Fsp3) is 0.889. The third-order valence-corrected chi connectivity index (χ3v) is 2.69. The van der Waals surface area contributed by atoms with E-state index in [-0.39, 0.29) is 24.5 Å². The summed E-state index contributed by atoms with van der Waals surface area (Å²) in [5.74, 6) is 0.236. The largest absolute Gasteiger partial charge is 0.395 e. The Morgan fingerprint density at radius 1 is 1.62 bits per heavy atom. The van der Waals surface area contributed by atoms with Gasteiger partial charge in [-0.3, -0.25) is 4.79 Å². The average molecular weight is 186 g/mol. The van der Waals surface area contributed by atoms with Crippen LogP contribution in [-0.2, 0) is 4.79 Å². The molecule has 0 radical (unpaired) electrons. The first-order valence-corrected chi connectivity index (χ1v) is 4.58. The number of likely N-dealkylation sites (N-methyl/N-ethyl adjacent to an activating group) is 1. The molecule has 2 unspecified atom stereocenters. The summed E-state index contributed by atoms with van der Waals surface area (Å²) >= 11 is 0. The summed E-state index contributed by atoms with van der Waals surface area (Å²) < 4.78 is 0. The maximum absolute atomic E-state index is 11.6. The highest BCUT2D eigenvalue weighted by atomic mass is 16.3. The van der Waals surface area contributed by atoms with Gasteiger partial charge < -0.3 is 14.9 Å². The minimum atomic E-state index is 0.0668. The van der Waals surface area contributed by atoms with Gasteiger partial charge in [0.05, 0.1) is 12.5 Å². The number of hydrogen-bond donors (Lipinski definition) is 1. The molecule has 1 aliphatic rings. The maximum Gasteiger partial charge on any atom is 0.226 e. The fourth-order valence-corrected chi connectivity index (χ4v) is 1.84. The van der Waals surface area contributed by atoms with E-state index in [1.807, 2.05) is 11.9 Å². The number of aliphatic hydroxyl groups excluding tert-OH is 1. The number of aliphatic hydroxyl groups is 1. The second-order valence-electron chi connectivity index (χ2n) is 3.94. The molecular weight excluding hydrogens is 168 g/mol. The Kier molecular flexibility index (Phi) is 3.27. The van der Waals surface area contributed by atoms with Gasteiger partial charge in [-0.2, -0.15) is 0 Å². The summed E-state index contributed by atoms with van der Waals surface area (Å²) in [6.07, 6.45) is 0.782. The zero-order valence-electron chi connectivity index (χ0n) is 8.53. The molecule has 0 spiro atoms. The molecule has 0 aromatic rings. The zero-order chi connectivity index (χ0) is 10.0. The lowest BCUT2D eigenvalue weighted by Crippen LogP contribution is -2.31. The second kappa shape index (κ2) is 4.07.